The highest BCUT2D eigenvalue weighted by Crippen LogP contribution is 2.38. The Morgan fingerprint density at radius 3 is 2.96 bits per heavy atom. The number of hydrogen-bond donors (Lipinski definition) is 1. The highest BCUT2D eigenvalue weighted by molar-refractivity contribution is 7.98. The number of benzene rings is 1. The molecule has 0 bridgehead atoms. The van der Waals surface area contributed by atoms with E-state index < -0.39 is 0 Å². The normalized spacial score (nSPS) is 14.0. The van der Waals surface area contributed by atoms with Crippen LogP contribution < -0.4 is 5.56 Å². The molecule has 0 aliphatic heterocycles. The van der Waals surface area contributed by atoms with E-state index in [2.05, 4.69) is 15.0 Å². The number of H-pyrrole nitrogens is 1. The fraction of sp³-hybridized carbons (Fsp3) is 0.235. The van der Waals surface area contributed by atoms with Gasteiger partial charge in [0.25, 0.3) is 5.56 Å². The molecule has 1 saturated carbocycles. The third-order valence-electron chi connectivity index (χ3n) is 3.76. The Bertz CT molecular complexity index is 933. The second-order valence-electron chi connectivity index (χ2n) is 5.64. The fourth-order valence-corrected chi connectivity index (χ4v) is 3.37. The first kappa shape index (κ1) is 15.5. The SMILES string of the molecule is O=c1cc(C2CC2)nc(SCc2ncc(-c3ccccc3Cl)o2)[nH]1. The third-order valence-corrected chi connectivity index (χ3v) is 4.95. The maximum absolute atomic E-state index is 11.7. The predicted octanol–water partition coefficient (Wildman–Crippen LogP) is 4.25. The second kappa shape index (κ2) is 6.45. The average molecular weight is 360 g/mol. The zero-order valence-corrected chi connectivity index (χ0v) is 14.2. The monoisotopic (exact) mass is 359 g/mol. The molecular formula is C17H14ClN3O2S. The van der Waals surface area contributed by atoms with Gasteiger partial charge in [-0.25, -0.2) is 9.97 Å². The molecule has 24 heavy (non-hydrogen) atoms. The summed E-state index contributed by atoms with van der Waals surface area (Å²) in [4.78, 5) is 23.3. The van der Waals surface area contributed by atoms with Crippen LogP contribution in [0.3, 0.4) is 0 Å². The molecule has 122 valence electrons. The molecule has 0 amide bonds. The maximum atomic E-state index is 11.7. The van der Waals surface area contributed by atoms with Gasteiger partial charge in [0.2, 0.25) is 5.89 Å². The smallest absolute Gasteiger partial charge is 0.251 e. The molecule has 1 aliphatic carbocycles. The highest BCUT2D eigenvalue weighted by Gasteiger charge is 2.25. The molecule has 7 heteroatoms. The zero-order valence-electron chi connectivity index (χ0n) is 12.7. The Morgan fingerprint density at radius 1 is 1.33 bits per heavy atom. The average Bonchev–Trinajstić information content (AvgIpc) is 3.32. The van der Waals surface area contributed by atoms with Crippen LogP contribution in [0, 0.1) is 0 Å². The number of aromatic nitrogens is 3. The van der Waals surface area contributed by atoms with Gasteiger partial charge in [-0.3, -0.25) is 4.79 Å². The summed E-state index contributed by atoms with van der Waals surface area (Å²) in [5.41, 5.74) is 1.58. The Morgan fingerprint density at radius 2 is 2.17 bits per heavy atom. The lowest BCUT2D eigenvalue weighted by molar-refractivity contribution is 0.530. The number of aromatic amines is 1. The number of nitrogens with zero attached hydrogens (tertiary/aromatic N) is 2. The molecule has 1 fully saturated rings. The maximum Gasteiger partial charge on any atom is 0.251 e. The number of oxazole rings is 1. The van der Waals surface area contributed by atoms with Gasteiger partial charge in [0, 0.05) is 17.5 Å². The first-order valence-electron chi connectivity index (χ1n) is 7.63. The molecule has 2 heterocycles. The largest absolute Gasteiger partial charge is 0.440 e. The molecule has 2 aromatic heterocycles. The minimum absolute atomic E-state index is 0.112. The van der Waals surface area contributed by atoms with E-state index >= 15 is 0 Å². The van der Waals surface area contributed by atoms with Gasteiger partial charge in [0.05, 0.1) is 22.7 Å². The Hall–Kier alpha value is -2.05. The summed E-state index contributed by atoms with van der Waals surface area (Å²) in [6.07, 6.45) is 3.89. The molecule has 0 radical (unpaired) electrons. The number of rotatable bonds is 5. The standard InChI is InChI=1S/C17H14ClN3O2S/c18-12-4-2-1-3-11(12)14-8-19-16(23-14)9-24-17-20-13(10-5-6-10)7-15(22)21-17/h1-4,7-8,10H,5-6,9H2,(H,20,21,22). The van der Waals surface area contributed by atoms with Gasteiger partial charge >= 0.3 is 0 Å². The Balaban J connectivity index is 1.49. The molecule has 1 N–H and O–H groups in total. The van der Waals surface area contributed by atoms with Crippen molar-refractivity contribution in [3.05, 3.63) is 63.5 Å². The third kappa shape index (κ3) is 3.39. The summed E-state index contributed by atoms with van der Waals surface area (Å²) >= 11 is 7.57. The van der Waals surface area contributed by atoms with Crippen LogP contribution in [0.4, 0.5) is 0 Å². The number of hydrogen-bond acceptors (Lipinski definition) is 5. The lowest BCUT2D eigenvalue weighted by Crippen LogP contribution is -2.09. The van der Waals surface area contributed by atoms with Crippen LogP contribution in [0.2, 0.25) is 5.02 Å². The van der Waals surface area contributed by atoms with Crippen molar-refractivity contribution in [2.45, 2.75) is 29.7 Å². The minimum atomic E-state index is -0.112. The van der Waals surface area contributed by atoms with Crippen molar-refractivity contribution < 1.29 is 4.42 Å². The minimum Gasteiger partial charge on any atom is -0.440 e. The molecule has 0 saturated heterocycles. The summed E-state index contributed by atoms with van der Waals surface area (Å²) < 4.78 is 5.76. The summed E-state index contributed by atoms with van der Waals surface area (Å²) in [5, 5.41) is 1.22. The van der Waals surface area contributed by atoms with Gasteiger partial charge in [-0.2, -0.15) is 0 Å². The van der Waals surface area contributed by atoms with Gasteiger partial charge in [-0.1, -0.05) is 35.5 Å². The zero-order chi connectivity index (χ0) is 16.5. The molecule has 5 nitrogen and oxygen atoms in total. The predicted molar refractivity (Wildman–Crippen MR) is 93.3 cm³/mol. The van der Waals surface area contributed by atoms with Crippen LogP contribution in [-0.2, 0) is 5.75 Å². The van der Waals surface area contributed by atoms with Crippen molar-refractivity contribution in [1.29, 1.82) is 0 Å². The van der Waals surface area contributed by atoms with Crippen LogP contribution in [0.25, 0.3) is 11.3 Å². The van der Waals surface area contributed by atoms with Gasteiger partial charge in [-0.15, -0.1) is 0 Å². The van der Waals surface area contributed by atoms with Crippen molar-refractivity contribution in [3.8, 4) is 11.3 Å². The van der Waals surface area contributed by atoms with Gasteiger partial charge in [0.1, 0.15) is 0 Å². The molecule has 0 spiro atoms. The van der Waals surface area contributed by atoms with Gasteiger partial charge in [-0.05, 0) is 25.0 Å². The molecule has 1 aromatic carbocycles. The van der Waals surface area contributed by atoms with E-state index in [9.17, 15) is 4.79 Å². The van der Waals surface area contributed by atoms with Crippen molar-refractivity contribution in [1.82, 2.24) is 15.0 Å². The lowest BCUT2D eigenvalue weighted by Gasteiger charge is -2.02. The van der Waals surface area contributed by atoms with Crippen LogP contribution >= 0.6 is 23.4 Å². The van der Waals surface area contributed by atoms with Crippen molar-refractivity contribution in [2.24, 2.45) is 0 Å². The van der Waals surface area contributed by atoms with Crippen LogP contribution in [0.5, 0.6) is 0 Å². The topological polar surface area (TPSA) is 71.8 Å². The van der Waals surface area contributed by atoms with E-state index in [1.807, 2.05) is 24.3 Å². The molecule has 4 rings (SSSR count). The summed E-state index contributed by atoms with van der Waals surface area (Å²) in [5.74, 6) is 2.13. The lowest BCUT2D eigenvalue weighted by atomic mass is 10.2. The fourth-order valence-electron chi connectivity index (χ4n) is 2.40. The van der Waals surface area contributed by atoms with E-state index in [0.29, 0.717) is 33.5 Å². The van der Waals surface area contributed by atoms with Crippen molar-refractivity contribution in [2.75, 3.05) is 0 Å². The molecular weight excluding hydrogens is 346 g/mol. The van der Waals surface area contributed by atoms with Crippen LogP contribution in [0.15, 0.2) is 50.9 Å². The van der Waals surface area contributed by atoms with Gasteiger partial charge < -0.3 is 9.40 Å². The highest BCUT2D eigenvalue weighted by atomic mass is 35.5. The number of halogens is 1. The quantitative estimate of drug-likeness (QED) is 0.544. The summed E-state index contributed by atoms with van der Waals surface area (Å²) in [6.45, 7) is 0. The van der Waals surface area contributed by atoms with Crippen LogP contribution in [0.1, 0.15) is 30.3 Å². The second-order valence-corrected chi connectivity index (χ2v) is 7.01. The van der Waals surface area contributed by atoms with Crippen molar-refractivity contribution >= 4 is 23.4 Å². The Kier molecular flexibility index (Phi) is 4.16. The summed E-state index contributed by atoms with van der Waals surface area (Å²) in [6, 6.07) is 9.05. The Labute approximate surface area is 147 Å². The van der Waals surface area contributed by atoms with E-state index in [1.165, 1.54) is 11.8 Å². The van der Waals surface area contributed by atoms with E-state index in [-0.39, 0.29) is 5.56 Å². The molecule has 0 atom stereocenters. The number of thioether (sulfide) groups is 1. The molecule has 3 aromatic rings. The van der Waals surface area contributed by atoms with Crippen LogP contribution in [-0.4, -0.2) is 15.0 Å². The van der Waals surface area contributed by atoms with Gasteiger partial charge in [0.15, 0.2) is 10.9 Å². The first-order chi connectivity index (χ1) is 11.7. The van der Waals surface area contributed by atoms with Crippen molar-refractivity contribution in [3.63, 3.8) is 0 Å². The molecule has 1 aliphatic rings. The number of nitrogens with one attached hydrogen (secondary N) is 1. The summed E-state index contributed by atoms with van der Waals surface area (Å²) in [7, 11) is 0. The first-order valence-corrected chi connectivity index (χ1v) is 8.99. The van der Waals surface area contributed by atoms with E-state index in [4.69, 9.17) is 16.0 Å². The van der Waals surface area contributed by atoms with E-state index in [1.54, 1.807) is 12.3 Å². The van der Waals surface area contributed by atoms with E-state index in [0.717, 1.165) is 24.1 Å². The molecule has 0 unspecified atom stereocenters.